The number of nitrogens with zero attached hydrogens (tertiary/aromatic N) is 2. The fourth-order valence-corrected chi connectivity index (χ4v) is 9.39. The van der Waals surface area contributed by atoms with Crippen LogP contribution in [0.4, 0.5) is 34.1 Å². The molecule has 3 heteroatoms. The molecule has 1 unspecified atom stereocenters. The Kier molecular flexibility index (Phi) is 7.17. The van der Waals surface area contributed by atoms with Crippen LogP contribution in [0.2, 0.25) is 0 Å². The minimum absolute atomic E-state index is 0.00367. The molecule has 0 aliphatic carbocycles. The lowest BCUT2D eigenvalue weighted by atomic mass is 9.28. The molecule has 0 radical (unpaired) electrons. The van der Waals surface area contributed by atoms with Crippen LogP contribution in [-0.4, -0.2) is 6.71 Å². The van der Waals surface area contributed by atoms with Gasteiger partial charge < -0.3 is 9.80 Å². The molecule has 0 amide bonds. The van der Waals surface area contributed by atoms with E-state index in [0.29, 0.717) is 0 Å². The standard InChI is InChI=1S/C50H51BN2/c1-47(2,3)32-25-27-36(28-26-32)52-40-21-14-19-38-44(40)51-45-39(50(38,10)33-17-12-11-13-18-33)20-15-22-41(45)53(43-24-16-23-42(52)46(43)51)37-30-34(48(4,5)6)29-35(31-37)49(7,8)9/h11-31H,1-10H3. The van der Waals surface area contributed by atoms with Crippen LogP contribution < -0.4 is 26.2 Å². The SMILES string of the molecule is CC(C)(C)c1ccc(N2c3cccc4c3B3c5c2cccc5C(C)(c2ccccc2)c2cccc(c23)N4c2cc(C(C)(C)C)cc(C(C)(C)C)c2)cc1. The largest absolute Gasteiger partial charge is 0.311 e. The van der Waals surface area contributed by atoms with Crippen molar-refractivity contribution in [3.8, 4) is 0 Å². The van der Waals surface area contributed by atoms with Gasteiger partial charge in [0.25, 0.3) is 6.71 Å². The van der Waals surface area contributed by atoms with E-state index in [4.69, 9.17) is 0 Å². The van der Waals surface area contributed by atoms with Crippen molar-refractivity contribution in [2.24, 2.45) is 0 Å². The van der Waals surface area contributed by atoms with E-state index in [1.807, 2.05) is 0 Å². The second-order valence-electron chi connectivity index (χ2n) is 18.8. The quantitative estimate of drug-likeness (QED) is 0.170. The Morgan fingerprint density at radius 2 is 0.849 bits per heavy atom. The number of rotatable bonds is 3. The zero-order valence-electron chi connectivity index (χ0n) is 33.1. The van der Waals surface area contributed by atoms with E-state index in [2.05, 4.69) is 206 Å². The Morgan fingerprint density at radius 1 is 0.415 bits per heavy atom. The van der Waals surface area contributed by atoms with Gasteiger partial charge in [-0.05, 0) is 121 Å². The molecule has 2 nitrogen and oxygen atoms in total. The molecule has 0 bridgehead atoms. The molecule has 6 aromatic carbocycles. The van der Waals surface area contributed by atoms with Crippen molar-refractivity contribution in [2.45, 2.75) is 90.9 Å². The fourth-order valence-electron chi connectivity index (χ4n) is 9.39. The topological polar surface area (TPSA) is 6.48 Å². The molecule has 264 valence electrons. The summed E-state index contributed by atoms with van der Waals surface area (Å²) in [6.07, 6.45) is 0. The first-order valence-electron chi connectivity index (χ1n) is 19.4. The molecule has 0 spiro atoms. The van der Waals surface area contributed by atoms with Crippen LogP contribution in [0.15, 0.2) is 127 Å². The molecule has 0 fully saturated rings. The third-order valence-corrected chi connectivity index (χ3v) is 12.4. The van der Waals surface area contributed by atoms with Crippen LogP contribution in [0.5, 0.6) is 0 Å². The zero-order chi connectivity index (χ0) is 37.2. The van der Waals surface area contributed by atoms with Gasteiger partial charge in [-0.2, -0.15) is 0 Å². The second kappa shape index (κ2) is 11.2. The molecule has 3 heterocycles. The van der Waals surface area contributed by atoms with Crippen LogP contribution in [0.3, 0.4) is 0 Å². The maximum atomic E-state index is 2.60. The molecule has 1 atom stereocenters. The van der Waals surface area contributed by atoms with Gasteiger partial charge in [-0.3, -0.25) is 0 Å². The van der Waals surface area contributed by atoms with E-state index in [1.54, 1.807) is 0 Å². The van der Waals surface area contributed by atoms with E-state index in [1.165, 1.54) is 83.9 Å². The van der Waals surface area contributed by atoms with Gasteiger partial charge in [-0.1, -0.05) is 141 Å². The van der Waals surface area contributed by atoms with E-state index in [9.17, 15) is 0 Å². The summed E-state index contributed by atoms with van der Waals surface area (Å²) in [7, 11) is 0. The molecular weight excluding hydrogens is 639 g/mol. The molecule has 3 aliphatic heterocycles. The van der Waals surface area contributed by atoms with Crippen molar-refractivity contribution in [3.63, 3.8) is 0 Å². The van der Waals surface area contributed by atoms with Crippen molar-refractivity contribution in [2.75, 3.05) is 9.80 Å². The number of benzene rings is 6. The van der Waals surface area contributed by atoms with Crippen molar-refractivity contribution in [1.82, 2.24) is 0 Å². The molecule has 0 N–H and O–H groups in total. The molecule has 0 saturated carbocycles. The second-order valence-corrected chi connectivity index (χ2v) is 18.8. The van der Waals surface area contributed by atoms with Gasteiger partial charge in [0.1, 0.15) is 0 Å². The summed E-state index contributed by atoms with van der Waals surface area (Å²) in [4.78, 5) is 5.15. The number of anilines is 6. The molecule has 3 aliphatic rings. The normalized spacial score (nSPS) is 17.2. The van der Waals surface area contributed by atoms with Gasteiger partial charge in [-0.25, -0.2) is 0 Å². The summed E-state index contributed by atoms with van der Waals surface area (Å²) in [5.41, 5.74) is 19.7. The number of hydrogen-bond acceptors (Lipinski definition) is 2. The molecule has 53 heavy (non-hydrogen) atoms. The third kappa shape index (κ3) is 4.92. The molecule has 0 saturated heterocycles. The zero-order valence-corrected chi connectivity index (χ0v) is 33.1. The Bertz CT molecular complexity index is 2390. The van der Waals surface area contributed by atoms with E-state index < -0.39 is 0 Å². The van der Waals surface area contributed by atoms with Crippen LogP contribution in [0.25, 0.3) is 0 Å². The predicted molar refractivity (Wildman–Crippen MR) is 229 cm³/mol. The van der Waals surface area contributed by atoms with Gasteiger partial charge in [0.2, 0.25) is 0 Å². The lowest BCUT2D eigenvalue weighted by molar-refractivity contribution is 0.569. The first-order chi connectivity index (χ1) is 25.1. The van der Waals surface area contributed by atoms with Crippen molar-refractivity contribution < 1.29 is 0 Å². The molecular formula is C50H51BN2. The Labute approximate surface area is 317 Å². The summed E-state index contributed by atoms with van der Waals surface area (Å²) in [6, 6.07) is 49.0. The van der Waals surface area contributed by atoms with E-state index in [-0.39, 0.29) is 28.4 Å². The monoisotopic (exact) mass is 690 g/mol. The van der Waals surface area contributed by atoms with Crippen molar-refractivity contribution in [1.29, 1.82) is 0 Å². The summed E-state index contributed by atoms with van der Waals surface area (Å²) in [6.45, 7) is 23.5. The van der Waals surface area contributed by atoms with Gasteiger partial charge in [0.15, 0.2) is 0 Å². The van der Waals surface area contributed by atoms with E-state index >= 15 is 0 Å². The van der Waals surface area contributed by atoms with Crippen molar-refractivity contribution >= 4 is 57.2 Å². The number of hydrogen-bond donors (Lipinski definition) is 0. The highest BCUT2D eigenvalue weighted by atomic mass is 15.2. The maximum absolute atomic E-state index is 2.60. The summed E-state index contributed by atoms with van der Waals surface area (Å²) in [5, 5.41) is 0. The summed E-state index contributed by atoms with van der Waals surface area (Å²) < 4.78 is 0. The third-order valence-electron chi connectivity index (χ3n) is 12.4. The lowest BCUT2D eigenvalue weighted by Gasteiger charge is -2.51. The lowest BCUT2D eigenvalue weighted by Crippen LogP contribution is -2.67. The van der Waals surface area contributed by atoms with Crippen molar-refractivity contribution in [3.05, 3.63) is 161 Å². The molecule has 0 aromatic heterocycles. The Hall–Kier alpha value is -5.02. The Balaban J connectivity index is 1.41. The molecule has 6 aromatic rings. The first kappa shape index (κ1) is 33.8. The van der Waals surface area contributed by atoms with Gasteiger partial charge in [0.05, 0.1) is 0 Å². The summed E-state index contributed by atoms with van der Waals surface area (Å²) >= 11 is 0. The van der Waals surface area contributed by atoms with E-state index in [0.717, 1.165) is 0 Å². The first-order valence-corrected chi connectivity index (χ1v) is 19.4. The van der Waals surface area contributed by atoms with Crippen LogP contribution in [0.1, 0.15) is 103 Å². The average Bonchev–Trinajstić information content (AvgIpc) is 3.13. The predicted octanol–water partition coefficient (Wildman–Crippen LogP) is 11.3. The summed E-state index contributed by atoms with van der Waals surface area (Å²) in [5.74, 6) is 0. The van der Waals surface area contributed by atoms with Crippen LogP contribution in [-0.2, 0) is 21.7 Å². The minimum Gasteiger partial charge on any atom is -0.311 e. The van der Waals surface area contributed by atoms with Crippen LogP contribution >= 0.6 is 0 Å². The van der Waals surface area contributed by atoms with Gasteiger partial charge in [-0.15, -0.1) is 0 Å². The van der Waals surface area contributed by atoms with Gasteiger partial charge in [0, 0.05) is 39.5 Å². The van der Waals surface area contributed by atoms with Crippen LogP contribution in [0, 0.1) is 0 Å². The average molecular weight is 691 g/mol. The highest BCUT2D eigenvalue weighted by molar-refractivity contribution is 7.01. The highest BCUT2D eigenvalue weighted by Gasteiger charge is 2.52. The van der Waals surface area contributed by atoms with Gasteiger partial charge >= 0.3 is 0 Å². The molecule has 9 rings (SSSR count). The minimum atomic E-state index is -0.352. The fraction of sp³-hybridized carbons (Fsp3) is 0.280. The smallest absolute Gasteiger partial charge is 0.252 e. The highest BCUT2D eigenvalue weighted by Crippen LogP contribution is 2.51. The maximum Gasteiger partial charge on any atom is 0.252 e. The Morgan fingerprint density at radius 3 is 1.32 bits per heavy atom.